The highest BCUT2D eigenvalue weighted by molar-refractivity contribution is 6.04. The van der Waals surface area contributed by atoms with Gasteiger partial charge in [0.1, 0.15) is 0 Å². The van der Waals surface area contributed by atoms with Crippen LogP contribution < -0.4 is 16.2 Å². The van der Waals surface area contributed by atoms with Crippen molar-refractivity contribution in [2.75, 3.05) is 6.54 Å². The third-order valence-corrected chi connectivity index (χ3v) is 4.78. The molecule has 1 aromatic heterocycles. The fourth-order valence-corrected chi connectivity index (χ4v) is 3.39. The van der Waals surface area contributed by atoms with Gasteiger partial charge in [-0.15, -0.1) is 0 Å². The van der Waals surface area contributed by atoms with E-state index in [1.807, 2.05) is 0 Å². The standard InChI is InChI=1S/C19H24N4O3/c1-23-19(26)15-10-6-5-9-14(15)17(22-23)18(25)20-12-11-16(24)21-13-7-3-2-4-8-13/h5-6,9-10,13H,2-4,7-8,11-12H2,1H3,(H,20,25)(H,21,24). The predicted octanol–water partition coefficient (Wildman–Crippen LogP) is 1.50. The number of hydrogen-bond donors (Lipinski definition) is 2. The van der Waals surface area contributed by atoms with Gasteiger partial charge in [0.2, 0.25) is 5.91 Å². The van der Waals surface area contributed by atoms with Gasteiger partial charge in [-0.1, -0.05) is 37.5 Å². The molecule has 2 amide bonds. The molecule has 1 heterocycles. The smallest absolute Gasteiger partial charge is 0.274 e. The zero-order valence-electron chi connectivity index (χ0n) is 15.0. The molecule has 0 saturated heterocycles. The van der Waals surface area contributed by atoms with E-state index >= 15 is 0 Å². The van der Waals surface area contributed by atoms with E-state index in [0.29, 0.717) is 10.8 Å². The van der Waals surface area contributed by atoms with Crippen LogP contribution in [0.5, 0.6) is 0 Å². The Labute approximate surface area is 151 Å². The molecule has 1 aromatic carbocycles. The maximum Gasteiger partial charge on any atom is 0.274 e. The average molecular weight is 356 g/mol. The Morgan fingerprint density at radius 2 is 1.85 bits per heavy atom. The summed E-state index contributed by atoms with van der Waals surface area (Å²) < 4.78 is 1.16. The summed E-state index contributed by atoms with van der Waals surface area (Å²) in [5.41, 5.74) is -0.0561. The number of hydrogen-bond acceptors (Lipinski definition) is 4. The number of nitrogens with one attached hydrogen (secondary N) is 2. The lowest BCUT2D eigenvalue weighted by molar-refractivity contribution is -0.121. The fraction of sp³-hybridized carbons (Fsp3) is 0.474. The van der Waals surface area contributed by atoms with Crippen molar-refractivity contribution >= 4 is 22.6 Å². The van der Waals surface area contributed by atoms with Crippen molar-refractivity contribution in [3.63, 3.8) is 0 Å². The zero-order chi connectivity index (χ0) is 18.5. The molecule has 7 heteroatoms. The summed E-state index contributed by atoms with van der Waals surface area (Å²) in [7, 11) is 1.52. The third kappa shape index (κ3) is 4.09. The highest BCUT2D eigenvalue weighted by atomic mass is 16.2. The topological polar surface area (TPSA) is 93.1 Å². The van der Waals surface area contributed by atoms with Crippen LogP contribution in [-0.4, -0.2) is 34.2 Å². The Balaban J connectivity index is 1.60. The number of aromatic nitrogens is 2. The molecule has 2 aromatic rings. The van der Waals surface area contributed by atoms with Crippen LogP contribution in [0.4, 0.5) is 0 Å². The molecule has 26 heavy (non-hydrogen) atoms. The van der Waals surface area contributed by atoms with Crippen molar-refractivity contribution in [1.82, 2.24) is 20.4 Å². The minimum Gasteiger partial charge on any atom is -0.353 e. The molecular weight excluding hydrogens is 332 g/mol. The number of rotatable bonds is 5. The van der Waals surface area contributed by atoms with Crippen LogP contribution in [0.1, 0.15) is 49.0 Å². The molecule has 0 aliphatic heterocycles. The molecule has 1 aliphatic rings. The summed E-state index contributed by atoms with van der Waals surface area (Å²) in [6.07, 6.45) is 5.85. The van der Waals surface area contributed by atoms with Crippen LogP contribution in [0.3, 0.4) is 0 Å². The van der Waals surface area contributed by atoms with Gasteiger partial charge < -0.3 is 10.6 Å². The van der Waals surface area contributed by atoms with Gasteiger partial charge in [-0.05, 0) is 18.9 Å². The van der Waals surface area contributed by atoms with Gasteiger partial charge in [0, 0.05) is 31.4 Å². The molecule has 0 unspecified atom stereocenters. The maximum atomic E-state index is 12.5. The molecule has 1 saturated carbocycles. The first-order chi connectivity index (χ1) is 12.6. The summed E-state index contributed by atoms with van der Waals surface area (Å²) in [6, 6.07) is 7.15. The Bertz CT molecular complexity index is 869. The second-order valence-electron chi connectivity index (χ2n) is 6.73. The van der Waals surface area contributed by atoms with Crippen LogP contribution in [-0.2, 0) is 11.8 Å². The number of amides is 2. The second-order valence-corrected chi connectivity index (χ2v) is 6.73. The number of fused-ring (bicyclic) bond motifs is 1. The van der Waals surface area contributed by atoms with Crippen LogP contribution in [0.15, 0.2) is 29.1 Å². The van der Waals surface area contributed by atoms with E-state index < -0.39 is 0 Å². The first-order valence-corrected chi connectivity index (χ1v) is 9.10. The Kier molecular flexibility index (Phi) is 5.65. The van der Waals surface area contributed by atoms with E-state index in [9.17, 15) is 14.4 Å². The monoisotopic (exact) mass is 356 g/mol. The Morgan fingerprint density at radius 1 is 1.15 bits per heavy atom. The minimum absolute atomic E-state index is 0.0459. The van der Waals surface area contributed by atoms with Crippen LogP contribution in [0, 0.1) is 0 Å². The van der Waals surface area contributed by atoms with E-state index in [2.05, 4.69) is 15.7 Å². The van der Waals surface area contributed by atoms with Crippen LogP contribution in [0.25, 0.3) is 10.8 Å². The van der Waals surface area contributed by atoms with Gasteiger partial charge in [0.05, 0.1) is 5.39 Å². The van der Waals surface area contributed by atoms with Crippen LogP contribution in [0.2, 0.25) is 0 Å². The van der Waals surface area contributed by atoms with Crippen molar-refractivity contribution in [2.24, 2.45) is 7.05 Å². The summed E-state index contributed by atoms with van der Waals surface area (Å²) in [5.74, 6) is -0.433. The largest absolute Gasteiger partial charge is 0.353 e. The summed E-state index contributed by atoms with van der Waals surface area (Å²) in [4.78, 5) is 36.6. The Hall–Kier alpha value is -2.70. The molecule has 0 radical (unpaired) electrons. The third-order valence-electron chi connectivity index (χ3n) is 4.78. The lowest BCUT2D eigenvalue weighted by Crippen LogP contribution is -2.38. The summed E-state index contributed by atoms with van der Waals surface area (Å²) in [6.45, 7) is 0.232. The fourth-order valence-electron chi connectivity index (χ4n) is 3.39. The lowest BCUT2D eigenvalue weighted by Gasteiger charge is -2.22. The molecule has 0 spiro atoms. The van der Waals surface area contributed by atoms with Gasteiger partial charge in [0.15, 0.2) is 5.69 Å². The number of carbonyl (C=O) groups is 2. The van der Waals surface area contributed by atoms with Gasteiger partial charge in [-0.3, -0.25) is 14.4 Å². The van der Waals surface area contributed by atoms with E-state index in [-0.39, 0.29) is 42.1 Å². The molecular formula is C19H24N4O3. The van der Waals surface area contributed by atoms with Gasteiger partial charge in [-0.25, -0.2) is 4.68 Å². The van der Waals surface area contributed by atoms with Crippen molar-refractivity contribution in [1.29, 1.82) is 0 Å². The number of benzene rings is 1. The number of aryl methyl sites for hydroxylation is 1. The molecule has 2 N–H and O–H groups in total. The molecule has 0 atom stereocenters. The quantitative estimate of drug-likeness (QED) is 0.849. The van der Waals surface area contributed by atoms with E-state index in [1.54, 1.807) is 24.3 Å². The normalized spacial score (nSPS) is 15.0. The second kappa shape index (κ2) is 8.12. The van der Waals surface area contributed by atoms with Gasteiger partial charge in [0.25, 0.3) is 11.5 Å². The molecule has 3 rings (SSSR count). The SMILES string of the molecule is Cn1nc(C(=O)NCCC(=O)NC2CCCCC2)c2ccccc2c1=O. The van der Waals surface area contributed by atoms with Gasteiger partial charge in [-0.2, -0.15) is 5.10 Å². The molecule has 1 aliphatic carbocycles. The first-order valence-electron chi connectivity index (χ1n) is 9.10. The first kappa shape index (κ1) is 18.1. The summed E-state index contributed by atoms with van der Waals surface area (Å²) >= 11 is 0. The number of carbonyl (C=O) groups excluding carboxylic acids is 2. The number of nitrogens with zero attached hydrogens (tertiary/aromatic N) is 2. The highest BCUT2D eigenvalue weighted by Crippen LogP contribution is 2.17. The predicted molar refractivity (Wildman–Crippen MR) is 98.9 cm³/mol. The van der Waals surface area contributed by atoms with Crippen molar-refractivity contribution in [3.05, 3.63) is 40.3 Å². The van der Waals surface area contributed by atoms with Crippen molar-refractivity contribution in [3.8, 4) is 0 Å². The highest BCUT2D eigenvalue weighted by Gasteiger charge is 2.17. The van der Waals surface area contributed by atoms with Crippen molar-refractivity contribution < 1.29 is 9.59 Å². The average Bonchev–Trinajstić information content (AvgIpc) is 2.65. The van der Waals surface area contributed by atoms with E-state index in [0.717, 1.165) is 30.4 Å². The van der Waals surface area contributed by atoms with Crippen molar-refractivity contribution in [2.45, 2.75) is 44.6 Å². The Morgan fingerprint density at radius 3 is 2.58 bits per heavy atom. The molecule has 7 nitrogen and oxygen atoms in total. The summed E-state index contributed by atoms with van der Waals surface area (Å²) in [5, 5.41) is 10.8. The van der Waals surface area contributed by atoms with E-state index in [1.165, 1.54) is 13.5 Å². The molecule has 138 valence electrons. The van der Waals surface area contributed by atoms with E-state index in [4.69, 9.17) is 0 Å². The van der Waals surface area contributed by atoms with Gasteiger partial charge >= 0.3 is 0 Å². The maximum absolute atomic E-state index is 12.5. The van der Waals surface area contributed by atoms with Crippen LogP contribution >= 0.6 is 0 Å². The molecule has 0 bridgehead atoms. The zero-order valence-corrected chi connectivity index (χ0v) is 15.0. The minimum atomic E-state index is -0.387. The lowest BCUT2D eigenvalue weighted by atomic mass is 9.95. The molecule has 1 fully saturated rings.